The van der Waals surface area contributed by atoms with Crippen LogP contribution in [-0.4, -0.2) is 25.9 Å². The number of carbonyl (C=O) groups excluding carboxylic acids is 1. The lowest BCUT2D eigenvalue weighted by Gasteiger charge is -2.24. The summed E-state index contributed by atoms with van der Waals surface area (Å²) in [5, 5.41) is 15.1. The zero-order valence-electron chi connectivity index (χ0n) is 13.5. The van der Waals surface area contributed by atoms with E-state index in [1.165, 1.54) is 16.8 Å². The summed E-state index contributed by atoms with van der Waals surface area (Å²) in [5.74, 6) is -2.18. The molecule has 3 aromatic rings. The van der Waals surface area contributed by atoms with Crippen LogP contribution < -0.4 is 5.32 Å². The SMILES string of the molecule is Cc1nn(-c2ccc(Cl)nn2)c2c1[C@@H](c1cccc(F)c1F)CC(=O)N2. The molecule has 0 radical (unpaired) electrons. The second-order valence-corrected chi connectivity index (χ2v) is 6.31. The van der Waals surface area contributed by atoms with E-state index >= 15 is 0 Å². The van der Waals surface area contributed by atoms with E-state index in [-0.39, 0.29) is 23.0 Å². The Labute approximate surface area is 151 Å². The van der Waals surface area contributed by atoms with Crippen molar-refractivity contribution in [2.45, 2.75) is 19.3 Å². The Bertz CT molecular complexity index is 1020. The minimum absolute atomic E-state index is 0.00774. The lowest BCUT2D eigenvalue weighted by Crippen LogP contribution is -2.25. The van der Waals surface area contributed by atoms with Gasteiger partial charge in [0.05, 0.1) is 5.69 Å². The number of nitrogens with zero attached hydrogens (tertiary/aromatic N) is 4. The van der Waals surface area contributed by atoms with Gasteiger partial charge < -0.3 is 5.32 Å². The molecule has 132 valence electrons. The maximum absolute atomic E-state index is 14.3. The van der Waals surface area contributed by atoms with Crippen LogP contribution in [0.2, 0.25) is 5.15 Å². The molecule has 0 aliphatic carbocycles. The summed E-state index contributed by atoms with van der Waals surface area (Å²) < 4.78 is 29.4. The molecule has 3 heterocycles. The predicted octanol–water partition coefficient (Wildman–Crippen LogP) is 3.38. The molecule has 1 atom stereocenters. The Morgan fingerprint density at radius 1 is 1.23 bits per heavy atom. The highest BCUT2D eigenvalue weighted by Gasteiger charge is 2.34. The largest absolute Gasteiger partial charge is 0.310 e. The Morgan fingerprint density at radius 2 is 2.04 bits per heavy atom. The monoisotopic (exact) mass is 375 g/mol. The third kappa shape index (κ3) is 2.62. The molecule has 4 rings (SSSR count). The van der Waals surface area contributed by atoms with Gasteiger partial charge in [0.25, 0.3) is 0 Å². The van der Waals surface area contributed by atoms with Crippen molar-refractivity contribution in [3.8, 4) is 5.82 Å². The average Bonchev–Trinajstić information content (AvgIpc) is 2.94. The molecule has 6 nitrogen and oxygen atoms in total. The molecular weight excluding hydrogens is 364 g/mol. The van der Waals surface area contributed by atoms with Crippen molar-refractivity contribution in [1.29, 1.82) is 0 Å². The fraction of sp³-hybridized carbons (Fsp3) is 0.176. The molecule has 0 bridgehead atoms. The van der Waals surface area contributed by atoms with Crippen LogP contribution in [0, 0.1) is 18.6 Å². The fourth-order valence-electron chi connectivity index (χ4n) is 3.19. The predicted molar refractivity (Wildman–Crippen MR) is 90.3 cm³/mol. The van der Waals surface area contributed by atoms with E-state index in [0.717, 1.165) is 6.07 Å². The Morgan fingerprint density at radius 3 is 2.77 bits per heavy atom. The number of halogens is 3. The smallest absolute Gasteiger partial charge is 0.226 e. The number of nitrogens with one attached hydrogen (secondary N) is 1. The first kappa shape index (κ1) is 16.6. The molecule has 1 amide bonds. The van der Waals surface area contributed by atoms with Crippen LogP contribution in [-0.2, 0) is 4.79 Å². The number of aryl methyl sites for hydroxylation is 1. The summed E-state index contributed by atoms with van der Waals surface area (Å²) in [5.41, 5.74) is 1.31. The number of amides is 1. The molecule has 0 fully saturated rings. The standard InChI is InChI=1S/C17H12ClF2N5O/c1-8-15-10(9-3-2-4-11(19)16(9)20)7-14(26)21-17(15)25(24-8)13-6-5-12(18)22-23-13/h2-6,10H,7H2,1H3,(H,21,26)/t10-/m1/s1. The van der Waals surface area contributed by atoms with Crippen LogP contribution >= 0.6 is 11.6 Å². The summed E-state index contributed by atoms with van der Waals surface area (Å²) in [4.78, 5) is 12.2. The van der Waals surface area contributed by atoms with Gasteiger partial charge in [-0.2, -0.15) is 9.78 Å². The highest BCUT2D eigenvalue weighted by Crippen LogP contribution is 2.41. The van der Waals surface area contributed by atoms with E-state index in [1.807, 2.05) is 0 Å². The van der Waals surface area contributed by atoms with Gasteiger partial charge in [-0.15, -0.1) is 10.2 Å². The molecule has 26 heavy (non-hydrogen) atoms. The Hall–Kier alpha value is -2.87. The van der Waals surface area contributed by atoms with Crippen molar-refractivity contribution in [3.05, 3.63) is 63.9 Å². The average molecular weight is 376 g/mol. The molecule has 0 saturated carbocycles. The number of aromatic nitrogens is 4. The number of hydrogen-bond donors (Lipinski definition) is 1. The minimum Gasteiger partial charge on any atom is -0.310 e. The lowest BCUT2D eigenvalue weighted by molar-refractivity contribution is -0.116. The van der Waals surface area contributed by atoms with Crippen LogP contribution in [0.5, 0.6) is 0 Å². The van der Waals surface area contributed by atoms with Crippen molar-refractivity contribution in [1.82, 2.24) is 20.0 Å². The second-order valence-electron chi connectivity index (χ2n) is 5.92. The zero-order valence-corrected chi connectivity index (χ0v) is 14.3. The number of hydrogen-bond acceptors (Lipinski definition) is 4. The fourth-order valence-corrected chi connectivity index (χ4v) is 3.29. The van der Waals surface area contributed by atoms with Gasteiger partial charge in [0.1, 0.15) is 5.82 Å². The normalized spacial score (nSPS) is 16.3. The number of anilines is 1. The second kappa shape index (κ2) is 6.14. The molecule has 1 aliphatic rings. The van der Waals surface area contributed by atoms with Gasteiger partial charge in [-0.05, 0) is 30.7 Å². The molecule has 0 unspecified atom stereocenters. The molecule has 2 aromatic heterocycles. The van der Waals surface area contributed by atoms with Crippen LogP contribution in [0.15, 0.2) is 30.3 Å². The van der Waals surface area contributed by atoms with Crippen molar-refractivity contribution < 1.29 is 13.6 Å². The van der Waals surface area contributed by atoms with Gasteiger partial charge in [-0.1, -0.05) is 23.7 Å². The molecule has 1 aliphatic heterocycles. The molecule has 1 aromatic carbocycles. The highest BCUT2D eigenvalue weighted by molar-refractivity contribution is 6.29. The van der Waals surface area contributed by atoms with E-state index < -0.39 is 17.6 Å². The van der Waals surface area contributed by atoms with Gasteiger partial charge in [0.15, 0.2) is 22.6 Å². The summed E-state index contributed by atoms with van der Waals surface area (Å²) in [6.07, 6.45) is -0.00774. The van der Waals surface area contributed by atoms with Crippen LogP contribution in [0.25, 0.3) is 5.82 Å². The third-order valence-electron chi connectivity index (χ3n) is 4.29. The van der Waals surface area contributed by atoms with Crippen LogP contribution in [0.4, 0.5) is 14.6 Å². The van der Waals surface area contributed by atoms with Crippen molar-refractivity contribution >= 4 is 23.3 Å². The number of fused-ring (bicyclic) bond motifs is 1. The highest BCUT2D eigenvalue weighted by atomic mass is 35.5. The van der Waals surface area contributed by atoms with E-state index in [1.54, 1.807) is 19.1 Å². The summed E-state index contributed by atoms with van der Waals surface area (Å²) >= 11 is 5.76. The molecule has 1 N–H and O–H groups in total. The first-order valence-electron chi connectivity index (χ1n) is 7.78. The van der Waals surface area contributed by atoms with Gasteiger partial charge >= 0.3 is 0 Å². The van der Waals surface area contributed by atoms with Crippen LogP contribution in [0.3, 0.4) is 0 Å². The van der Waals surface area contributed by atoms with Crippen molar-refractivity contribution in [2.75, 3.05) is 5.32 Å². The number of rotatable bonds is 2. The van der Waals surface area contributed by atoms with Gasteiger partial charge in [-0.3, -0.25) is 4.79 Å². The molecule has 9 heteroatoms. The first-order valence-corrected chi connectivity index (χ1v) is 8.16. The Kier molecular flexibility index (Phi) is 3.91. The maximum Gasteiger partial charge on any atom is 0.226 e. The zero-order chi connectivity index (χ0) is 18.4. The molecule has 0 saturated heterocycles. The van der Waals surface area contributed by atoms with Crippen molar-refractivity contribution in [3.63, 3.8) is 0 Å². The molecule has 0 spiro atoms. The van der Waals surface area contributed by atoms with Gasteiger partial charge in [0, 0.05) is 17.9 Å². The van der Waals surface area contributed by atoms with Crippen LogP contribution in [0.1, 0.15) is 29.2 Å². The van der Waals surface area contributed by atoms with E-state index in [0.29, 0.717) is 22.9 Å². The van der Waals surface area contributed by atoms with Gasteiger partial charge in [-0.25, -0.2) is 8.78 Å². The topological polar surface area (TPSA) is 72.7 Å². The number of benzene rings is 1. The molecular formula is C17H12ClF2N5O. The summed E-state index contributed by atoms with van der Waals surface area (Å²) in [7, 11) is 0. The Balaban J connectivity index is 1.90. The lowest BCUT2D eigenvalue weighted by atomic mass is 9.85. The summed E-state index contributed by atoms with van der Waals surface area (Å²) in [6, 6.07) is 7.08. The van der Waals surface area contributed by atoms with E-state index in [4.69, 9.17) is 11.6 Å². The van der Waals surface area contributed by atoms with Gasteiger partial charge in [0.2, 0.25) is 5.91 Å². The van der Waals surface area contributed by atoms with Crippen molar-refractivity contribution in [2.24, 2.45) is 0 Å². The summed E-state index contributed by atoms with van der Waals surface area (Å²) in [6.45, 7) is 1.74. The number of carbonyl (C=O) groups is 1. The maximum atomic E-state index is 14.3. The third-order valence-corrected chi connectivity index (χ3v) is 4.50. The minimum atomic E-state index is -0.961. The van der Waals surface area contributed by atoms with E-state index in [2.05, 4.69) is 20.6 Å². The first-order chi connectivity index (χ1) is 12.5. The van der Waals surface area contributed by atoms with E-state index in [9.17, 15) is 13.6 Å². The quantitative estimate of drug-likeness (QED) is 0.745.